The number of hydrogen-bond donors (Lipinski definition) is 1. The van der Waals surface area contributed by atoms with E-state index in [4.69, 9.17) is 4.74 Å². The molecule has 1 aromatic carbocycles. The van der Waals surface area contributed by atoms with Crippen LogP contribution in [0.25, 0.3) is 11.3 Å². The van der Waals surface area contributed by atoms with Crippen molar-refractivity contribution in [2.24, 2.45) is 0 Å². The summed E-state index contributed by atoms with van der Waals surface area (Å²) in [6, 6.07) is 5.63. The van der Waals surface area contributed by atoms with Crippen LogP contribution in [0.2, 0.25) is 0 Å². The van der Waals surface area contributed by atoms with Crippen molar-refractivity contribution < 1.29 is 14.3 Å². The minimum Gasteiger partial charge on any atom is -0.482 e. The molecule has 2 amide bonds. The van der Waals surface area contributed by atoms with Gasteiger partial charge >= 0.3 is 0 Å². The molecule has 0 spiro atoms. The molecule has 114 valence electrons. The molecule has 3 rings (SSSR count). The fourth-order valence-corrected chi connectivity index (χ4v) is 3.09. The van der Waals surface area contributed by atoms with E-state index in [1.165, 1.54) is 18.3 Å². The zero-order chi connectivity index (χ0) is 15.7. The van der Waals surface area contributed by atoms with Crippen LogP contribution in [0.5, 0.6) is 5.75 Å². The smallest absolute Gasteiger partial charge is 0.265 e. The Morgan fingerprint density at radius 2 is 2.32 bits per heavy atom. The molecule has 0 bridgehead atoms. The third kappa shape index (κ3) is 2.67. The minimum absolute atomic E-state index is 0.0515. The molecular formula is C15H15N3O3S. The van der Waals surface area contributed by atoms with Crippen molar-refractivity contribution in [3.05, 3.63) is 23.6 Å². The average Bonchev–Trinajstić information content (AvgIpc) is 2.94. The number of likely N-dealkylation sites (N-methyl/N-ethyl adjacent to an activating group) is 1. The molecule has 2 aromatic rings. The predicted molar refractivity (Wildman–Crippen MR) is 85.4 cm³/mol. The van der Waals surface area contributed by atoms with Gasteiger partial charge in [0.05, 0.1) is 11.4 Å². The zero-order valence-electron chi connectivity index (χ0n) is 12.3. The van der Waals surface area contributed by atoms with Gasteiger partial charge in [-0.15, -0.1) is 11.3 Å². The second-order valence-corrected chi connectivity index (χ2v) is 5.69. The third-order valence-electron chi connectivity index (χ3n) is 3.30. The standard InChI is InChI=1S/C15H15N3O3S/c1-3-18-12-6-10(4-5-13(12)21-7-14(18)20)11-8-22-15(17-11)16-9(2)19/h4-6,8H,3,7H2,1-2H3,(H,16,17,19). The molecule has 0 saturated heterocycles. The maximum Gasteiger partial charge on any atom is 0.265 e. The first-order valence-corrected chi connectivity index (χ1v) is 7.77. The molecule has 0 atom stereocenters. The van der Waals surface area contributed by atoms with Crippen LogP contribution in [0.3, 0.4) is 0 Å². The highest BCUT2D eigenvalue weighted by Gasteiger charge is 2.24. The first kappa shape index (κ1) is 14.5. The van der Waals surface area contributed by atoms with Gasteiger partial charge in [0.15, 0.2) is 11.7 Å². The summed E-state index contributed by atoms with van der Waals surface area (Å²) >= 11 is 1.36. The molecule has 0 saturated carbocycles. The van der Waals surface area contributed by atoms with Crippen LogP contribution in [0.4, 0.5) is 10.8 Å². The van der Waals surface area contributed by atoms with E-state index in [1.54, 1.807) is 4.90 Å². The summed E-state index contributed by atoms with van der Waals surface area (Å²) in [7, 11) is 0. The fraction of sp³-hybridized carbons (Fsp3) is 0.267. The number of nitrogens with one attached hydrogen (secondary N) is 1. The maximum atomic E-state index is 11.9. The molecule has 0 unspecified atom stereocenters. The predicted octanol–water partition coefficient (Wildman–Crippen LogP) is 2.51. The lowest BCUT2D eigenvalue weighted by Gasteiger charge is -2.28. The highest BCUT2D eigenvalue weighted by Crippen LogP contribution is 2.36. The van der Waals surface area contributed by atoms with Crippen molar-refractivity contribution in [1.29, 1.82) is 0 Å². The molecule has 6 nitrogen and oxygen atoms in total. The summed E-state index contributed by atoms with van der Waals surface area (Å²) in [5.74, 6) is 0.495. The van der Waals surface area contributed by atoms with Crippen LogP contribution >= 0.6 is 11.3 Å². The zero-order valence-corrected chi connectivity index (χ0v) is 13.1. The molecule has 0 aliphatic carbocycles. The number of hydrogen-bond acceptors (Lipinski definition) is 5. The van der Waals surface area contributed by atoms with E-state index in [2.05, 4.69) is 10.3 Å². The molecular weight excluding hydrogens is 302 g/mol. The number of benzene rings is 1. The van der Waals surface area contributed by atoms with Gasteiger partial charge in [-0.05, 0) is 25.1 Å². The van der Waals surface area contributed by atoms with Gasteiger partial charge in [-0.1, -0.05) is 0 Å². The molecule has 0 radical (unpaired) electrons. The molecule has 22 heavy (non-hydrogen) atoms. The van der Waals surface area contributed by atoms with Crippen molar-refractivity contribution in [2.75, 3.05) is 23.4 Å². The highest BCUT2D eigenvalue weighted by molar-refractivity contribution is 7.14. The third-order valence-corrected chi connectivity index (χ3v) is 4.06. The Balaban J connectivity index is 1.96. The number of amides is 2. The van der Waals surface area contributed by atoms with Crippen LogP contribution in [-0.4, -0.2) is 29.9 Å². The van der Waals surface area contributed by atoms with E-state index in [1.807, 2.05) is 30.5 Å². The lowest BCUT2D eigenvalue weighted by atomic mass is 10.1. The summed E-state index contributed by atoms with van der Waals surface area (Å²) in [5.41, 5.74) is 2.39. The molecule has 1 aromatic heterocycles. The minimum atomic E-state index is -0.150. The lowest BCUT2D eigenvalue weighted by Crippen LogP contribution is -2.38. The monoisotopic (exact) mass is 317 g/mol. The first-order chi connectivity index (χ1) is 10.6. The largest absolute Gasteiger partial charge is 0.482 e. The van der Waals surface area contributed by atoms with Crippen molar-refractivity contribution in [1.82, 2.24) is 4.98 Å². The Hall–Kier alpha value is -2.41. The number of carbonyl (C=O) groups excluding carboxylic acids is 2. The van der Waals surface area contributed by atoms with E-state index < -0.39 is 0 Å². The van der Waals surface area contributed by atoms with Crippen molar-refractivity contribution in [3.8, 4) is 17.0 Å². The number of fused-ring (bicyclic) bond motifs is 1. The van der Waals surface area contributed by atoms with Crippen LogP contribution in [0, 0.1) is 0 Å². The van der Waals surface area contributed by atoms with Gasteiger partial charge in [0.1, 0.15) is 5.75 Å². The normalized spacial score (nSPS) is 13.5. The first-order valence-electron chi connectivity index (χ1n) is 6.89. The van der Waals surface area contributed by atoms with Gasteiger partial charge in [0.2, 0.25) is 5.91 Å². The second kappa shape index (κ2) is 5.76. The van der Waals surface area contributed by atoms with Crippen molar-refractivity contribution in [3.63, 3.8) is 0 Å². The van der Waals surface area contributed by atoms with Gasteiger partial charge < -0.3 is 15.0 Å². The molecule has 0 fully saturated rings. The summed E-state index contributed by atoms with van der Waals surface area (Å²) in [5, 5.41) is 5.09. The summed E-state index contributed by atoms with van der Waals surface area (Å²) in [4.78, 5) is 29.0. The van der Waals surface area contributed by atoms with Gasteiger partial charge in [-0.3, -0.25) is 9.59 Å². The van der Waals surface area contributed by atoms with Crippen LogP contribution in [-0.2, 0) is 9.59 Å². The van der Waals surface area contributed by atoms with E-state index in [-0.39, 0.29) is 18.4 Å². The fourth-order valence-electron chi connectivity index (χ4n) is 2.32. The van der Waals surface area contributed by atoms with E-state index in [9.17, 15) is 9.59 Å². The molecule has 2 heterocycles. The maximum absolute atomic E-state index is 11.9. The van der Waals surface area contributed by atoms with Crippen LogP contribution in [0.1, 0.15) is 13.8 Å². The summed E-state index contributed by atoms with van der Waals surface area (Å²) in [6.45, 7) is 4.04. The number of nitrogens with zero attached hydrogens (tertiary/aromatic N) is 2. The second-order valence-electron chi connectivity index (χ2n) is 4.83. The summed E-state index contributed by atoms with van der Waals surface area (Å²) < 4.78 is 5.45. The van der Waals surface area contributed by atoms with Crippen LogP contribution in [0.15, 0.2) is 23.6 Å². The van der Waals surface area contributed by atoms with Gasteiger partial charge in [0.25, 0.3) is 5.91 Å². The molecule has 1 aliphatic heterocycles. The SMILES string of the molecule is CCN1C(=O)COc2ccc(-c3csc(NC(C)=O)n3)cc21. The number of anilines is 2. The van der Waals surface area contributed by atoms with E-state index in [0.29, 0.717) is 17.4 Å². The Kier molecular flexibility index (Phi) is 3.81. The summed E-state index contributed by atoms with van der Waals surface area (Å²) in [6.07, 6.45) is 0. The number of aromatic nitrogens is 1. The highest BCUT2D eigenvalue weighted by atomic mass is 32.1. The Labute approximate surface area is 131 Å². The van der Waals surface area contributed by atoms with Crippen molar-refractivity contribution >= 4 is 34.0 Å². The van der Waals surface area contributed by atoms with Gasteiger partial charge in [0, 0.05) is 24.4 Å². The molecule has 7 heteroatoms. The average molecular weight is 317 g/mol. The molecule has 1 N–H and O–H groups in total. The van der Waals surface area contributed by atoms with Crippen LogP contribution < -0.4 is 15.0 Å². The number of rotatable bonds is 3. The Bertz CT molecular complexity index is 741. The number of thiazole rings is 1. The topological polar surface area (TPSA) is 71.5 Å². The lowest BCUT2D eigenvalue weighted by molar-refractivity contribution is -0.121. The molecule has 1 aliphatic rings. The van der Waals surface area contributed by atoms with Crippen molar-refractivity contribution in [2.45, 2.75) is 13.8 Å². The number of ether oxygens (including phenoxy) is 1. The number of carbonyl (C=O) groups is 2. The Morgan fingerprint density at radius 3 is 3.05 bits per heavy atom. The van der Waals surface area contributed by atoms with E-state index in [0.717, 1.165) is 16.9 Å². The van der Waals surface area contributed by atoms with E-state index >= 15 is 0 Å². The van der Waals surface area contributed by atoms with Gasteiger partial charge in [-0.25, -0.2) is 4.98 Å². The quantitative estimate of drug-likeness (QED) is 0.944. The Morgan fingerprint density at radius 1 is 1.50 bits per heavy atom. The van der Waals surface area contributed by atoms with Gasteiger partial charge in [-0.2, -0.15) is 0 Å².